The maximum atomic E-state index is 13.9. The Bertz CT molecular complexity index is 489. The number of halogens is 2. The minimum atomic E-state index is -0.802. The molecule has 1 N–H and O–H groups in total. The molecule has 0 saturated carbocycles. The Kier molecular flexibility index (Phi) is 6.26. The lowest BCUT2D eigenvalue weighted by molar-refractivity contribution is 0.277. The van der Waals surface area contributed by atoms with Gasteiger partial charge in [0.2, 0.25) is 0 Å². The summed E-state index contributed by atoms with van der Waals surface area (Å²) >= 11 is 0. The SMILES string of the molecule is CCNC(CCN1CCS(=O)CC1)c1cccc(F)c1F. The molecule has 21 heavy (non-hydrogen) atoms. The van der Waals surface area contributed by atoms with Gasteiger partial charge in [-0.3, -0.25) is 4.21 Å². The van der Waals surface area contributed by atoms with Crippen molar-refractivity contribution in [3.05, 3.63) is 35.4 Å². The van der Waals surface area contributed by atoms with Gasteiger partial charge in [-0.05, 0) is 19.0 Å². The maximum Gasteiger partial charge on any atom is 0.163 e. The highest BCUT2D eigenvalue weighted by Crippen LogP contribution is 2.22. The van der Waals surface area contributed by atoms with Crippen LogP contribution in [0.4, 0.5) is 8.78 Å². The number of benzene rings is 1. The zero-order valence-electron chi connectivity index (χ0n) is 12.3. The highest BCUT2D eigenvalue weighted by Gasteiger charge is 2.20. The second kappa shape index (κ2) is 7.96. The third-order valence-electron chi connectivity index (χ3n) is 3.81. The van der Waals surface area contributed by atoms with Crippen LogP contribution < -0.4 is 5.32 Å². The highest BCUT2D eigenvalue weighted by atomic mass is 32.2. The molecule has 0 aliphatic carbocycles. The van der Waals surface area contributed by atoms with E-state index in [1.54, 1.807) is 12.1 Å². The Balaban J connectivity index is 1.99. The first kappa shape index (κ1) is 16.5. The molecule has 0 amide bonds. The molecule has 0 bridgehead atoms. The molecule has 1 fully saturated rings. The van der Waals surface area contributed by atoms with E-state index in [0.717, 1.165) is 25.7 Å². The van der Waals surface area contributed by atoms with Crippen molar-refractivity contribution in [1.82, 2.24) is 10.2 Å². The van der Waals surface area contributed by atoms with Crippen molar-refractivity contribution in [2.45, 2.75) is 19.4 Å². The Hall–Kier alpha value is -0.850. The second-order valence-electron chi connectivity index (χ2n) is 5.23. The van der Waals surface area contributed by atoms with Gasteiger partial charge in [0.05, 0.1) is 0 Å². The molecule has 1 saturated heterocycles. The van der Waals surface area contributed by atoms with Crippen LogP contribution in [-0.4, -0.2) is 46.8 Å². The summed E-state index contributed by atoms with van der Waals surface area (Å²) in [5.41, 5.74) is 0.387. The van der Waals surface area contributed by atoms with Gasteiger partial charge in [0, 0.05) is 53.5 Å². The molecule has 1 aromatic rings. The van der Waals surface area contributed by atoms with E-state index in [9.17, 15) is 13.0 Å². The molecule has 1 aliphatic heterocycles. The lowest BCUT2D eigenvalue weighted by Gasteiger charge is -2.28. The van der Waals surface area contributed by atoms with Gasteiger partial charge in [-0.2, -0.15) is 0 Å². The minimum absolute atomic E-state index is 0.196. The van der Waals surface area contributed by atoms with Crippen molar-refractivity contribution in [3.8, 4) is 0 Å². The molecule has 118 valence electrons. The standard InChI is InChI=1S/C15H22F2N2OS/c1-2-18-14(12-4-3-5-13(16)15(12)17)6-7-19-8-10-21(20)11-9-19/h3-5,14,18H,2,6-11H2,1H3. The van der Waals surface area contributed by atoms with Gasteiger partial charge < -0.3 is 10.2 Å². The Morgan fingerprint density at radius 1 is 1.33 bits per heavy atom. The van der Waals surface area contributed by atoms with Crippen molar-refractivity contribution in [1.29, 1.82) is 0 Å². The van der Waals surface area contributed by atoms with E-state index in [1.807, 2.05) is 6.92 Å². The number of nitrogens with zero attached hydrogens (tertiary/aromatic N) is 1. The molecule has 1 unspecified atom stereocenters. The summed E-state index contributed by atoms with van der Waals surface area (Å²) in [6.07, 6.45) is 0.709. The number of hydrogen-bond acceptors (Lipinski definition) is 3. The van der Waals surface area contributed by atoms with Crippen molar-refractivity contribution >= 4 is 10.8 Å². The lowest BCUT2D eigenvalue weighted by atomic mass is 10.0. The van der Waals surface area contributed by atoms with Gasteiger partial charge in [-0.15, -0.1) is 0 Å². The number of hydrogen-bond donors (Lipinski definition) is 1. The zero-order valence-corrected chi connectivity index (χ0v) is 13.1. The fraction of sp³-hybridized carbons (Fsp3) is 0.600. The smallest absolute Gasteiger partial charge is 0.163 e. The summed E-state index contributed by atoms with van der Waals surface area (Å²) in [5, 5.41) is 3.22. The Morgan fingerprint density at radius 3 is 2.71 bits per heavy atom. The highest BCUT2D eigenvalue weighted by molar-refractivity contribution is 7.85. The monoisotopic (exact) mass is 316 g/mol. The molecular weight excluding hydrogens is 294 g/mol. The molecule has 0 radical (unpaired) electrons. The van der Waals surface area contributed by atoms with Crippen molar-refractivity contribution < 1.29 is 13.0 Å². The first-order valence-corrected chi connectivity index (χ1v) is 8.85. The topological polar surface area (TPSA) is 32.3 Å². The van der Waals surface area contributed by atoms with Gasteiger partial charge in [0.1, 0.15) is 0 Å². The van der Waals surface area contributed by atoms with Crippen LogP contribution in [-0.2, 0) is 10.8 Å². The van der Waals surface area contributed by atoms with Gasteiger partial charge >= 0.3 is 0 Å². The summed E-state index contributed by atoms with van der Waals surface area (Å²) in [7, 11) is -0.688. The van der Waals surface area contributed by atoms with Crippen LogP contribution in [0.3, 0.4) is 0 Å². The normalized spacial score (nSPS) is 18.8. The fourth-order valence-electron chi connectivity index (χ4n) is 2.61. The molecule has 0 spiro atoms. The van der Waals surface area contributed by atoms with Gasteiger partial charge in [-0.25, -0.2) is 8.78 Å². The van der Waals surface area contributed by atoms with Crippen LogP contribution >= 0.6 is 0 Å². The van der Waals surface area contributed by atoms with Crippen LogP contribution in [0.5, 0.6) is 0 Å². The van der Waals surface area contributed by atoms with Crippen molar-refractivity contribution in [2.24, 2.45) is 0 Å². The molecule has 3 nitrogen and oxygen atoms in total. The molecular formula is C15H22F2N2OS. The van der Waals surface area contributed by atoms with Crippen LogP contribution in [0.1, 0.15) is 24.9 Å². The zero-order chi connectivity index (χ0) is 15.2. The lowest BCUT2D eigenvalue weighted by Crippen LogP contribution is -2.39. The van der Waals surface area contributed by atoms with E-state index in [1.165, 1.54) is 0 Å². The minimum Gasteiger partial charge on any atom is -0.310 e. The first-order valence-electron chi connectivity index (χ1n) is 7.36. The summed E-state index contributed by atoms with van der Waals surface area (Å²) in [5.74, 6) is -0.146. The van der Waals surface area contributed by atoms with E-state index in [2.05, 4.69) is 10.2 Å². The van der Waals surface area contributed by atoms with Crippen molar-refractivity contribution in [3.63, 3.8) is 0 Å². The number of nitrogens with one attached hydrogen (secondary N) is 1. The second-order valence-corrected chi connectivity index (χ2v) is 6.93. The largest absolute Gasteiger partial charge is 0.310 e. The quantitative estimate of drug-likeness (QED) is 0.872. The first-order chi connectivity index (χ1) is 10.1. The summed E-state index contributed by atoms with van der Waals surface area (Å²) in [4.78, 5) is 2.24. The van der Waals surface area contributed by atoms with E-state index in [-0.39, 0.29) is 6.04 Å². The van der Waals surface area contributed by atoms with Gasteiger partial charge in [-0.1, -0.05) is 19.1 Å². The summed E-state index contributed by atoms with van der Waals surface area (Å²) in [6.45, 7) is 5.08. The van der Waals surface area contributed by atoms with Crippen molar-refractivity contribution in [2.75, 3.05) is 37.7 Å². The molecule has 1 aliphatic rings. The average molecular weight is 316 g/mol. The van der Waals surface area contributed by atoms with Gasteiger partial charge in [0.15, 0.2) is 11.6 Å². The Morgan fingerprint density at radius 2 is 2.05 bits per heavy atom. The maximum absolute atomic E-state index is 13.9. The van der Waals surface area contributed by atoms with E-state index < -0.39 is 22.4 Å². The van der Waals surface area contributed by atoms with Crippen LogP contribution in [0, 0.1) is 11.6 Å². The average Bonchev–Trinajstić information content (AvgIpc) is 2.48. The number of rotatable bonds is 6. The van der Waals surface area contributed by atoms with E-state index >= 15 is 0 Å². The molecule has 0 aromatic heterocycles. The van der Waals surface area contributed by atoms with E-state index in [0.29, 0.717) is 30.0 Å². The molecule has 6 heteroatoms. The molecule has 2 rings (SSSR count). The van der Waals surface area contributed by atoms with Crippen LogP contribution in [0.15, 0.2) is 18.2 Å². The third-order valence-corrected chi connectivity index (χ3v) is 5.09. The van der Waals surface area contributed by atoms with E-state index in [4.69, 9.17) is 0 Å². The Labute approximate surface area is 127 Å². The predicted molar refractivity (Wildman–Crippen MR) is 81.7 cm³/mol. The molecule has 1 heterocycles. The summed E-state index contributed by atoms with van der Waals surface area (Å²) in [6, 6.07) is 4.12. The predicted octanol–water partition coefficient (Wildman–Crippen LogP) is 2.07. The van der Waals surface area contributed by atoms with Crippen LogP contribution in [0.2, 0.25) is 0 Å². The third kappa shape index (κ3) is 4.56. The van der Waals surface area contributed by atoms with Crippen LogP contribution in [0.25, 0.3) is 0 Å². The fourth-order valence-corrected chi connectivity index (χ4v) is 3.74. The molecule has 1 atom stereocenters. The van der Waals surface area contributed by atoms with Gasteiger partial charge in [0.25, 0.3) is 0 Å². The molecule has 1 aromatic carbocycles. The summed E-state index contributed by atoms with van der Waals surface area (Å²) < 4.78 is 38.6.